The van der Waals surface area contributed by atoms with Crippen molar-refractivity contribution in [2.24, 2.45) is 17.8 Å². The molecule has 3 aromatic rings. The Morgan fingerprint density at radius 2 is 1.62 bits per heavy atom. The van der Waals surface area contributed by atoms with Gasteiger partial charge in [0.1, 0.15) is 17.5 Å². The minimum absolute atomic E-state index is 0.184. The minimum Gasteiger partial charge on any atom is -0.362 e. The molecule has 8 heteroatoms. The van der Waals surface area contributed by atoms with Gasteiger partial charge in [-0.15, -0.1) is 0 Å². The number of Topliss-reactive ketones (excluding diaryl/α,β-unsaturated/α-hetero) is 1. The van der Waals surface area contributed by atoms with Crippen LogP contribution in [0.1, 0.15) is 87.0 Å². The van der Waals surface area contributed by atoms with Crippen LogP contribution in [-0.4, -0.2) is 29.8 Å². The first kappa shape index (κ1) is 31.5. The smallest absolute Gasteiger partial charge is 0.362 e. The summed E-state index contributed by atoms with van der Waals surface area (Å²) in [5, 5.41) is 1.10. The fourth-order valence-electron chi connectivity index (χ4n) is 5.53. The second-order valence-electron chi connectivity index (χ2n) is 11.3. The van der Waals surface area contributed by atoms with Crippen LogP contribution in [0.15, 0.2) is 42.5 Å². The topological polar surface area (TPSA) is 46.1 Å². The van der Waals surface area contributed by atoms with Crippen molar-refractivity contribution >= 4 is 22.5 Å². The third kappa shape index (κ3) is 8.73. The quantitative estimate of drug-likeness (QED) is 0.204. The van der Waals surface area contributed by atoms with Crippen LogP contribution in [0.5, 0.6) is 0 Å². The Bertz CT molecular complexity index is 1270. The number of benzene rings is 2. The lowest BCUT2D eigenvalue weighted by molar-refractivity contribution is -0.137. The summed E-state index contributed by atoms with van der Waals surface area (Å²) in [6.07, 6.45) is 4.20. The van der Waals surface area contributed by atoms with Gasteiger partial charge in [0.05, 0.1) is 11.1 Å². The van der Waals surface area contributed by atoms with Crippen LogP contribution >= 0.6 is 0 Å². The Labute approximate surface area is 235 Å². The zero-order valence-electron chi connectivity index (χ0n) is 24.2. The second kappa shape index (κ2) is 14.0. The number of carbonyl (C=O) groups excluding carboxylic acids is 1. The number of rotatable bonds is 8. The SMILES string of the molecule is CCCC1CCC(CCC(C)C(=O)c2cc(F)cc(C(F)(F)F)c2)CC1.Cc1nc(N(C)C)c2ccccc2n1. The Hall–Kier alpha value is -3.03. The van der Waals surface area contributed by atoms with E-state index in [0.29, 0.717) is 18.4 Å². The summed E-state index contributed by atoms with van der Waals surface area (Å²) < 4.78 is 51.9. The summed E-state index contributed by atoms with van der Waals surface area (Å²) in [6, 6.07) is 10.2. The molecule has 4 nitrogen and oxygen atoms in total. The van der Waals surface area contributed by atoms with Crippen molar-refractivity contribution in [2.45, 2.75) is 78.3 Å². The fourth-order valence-corrected chi connectivity index (χ4v) is 5.53. The van der Waals surface area contributed by atoms with Crippen molar-refractivity contribution < 1.29 is 22.4 Å². The molecule has 1 saturated carbocycles. The first-order chi connectivity index (χ1) is 18.9. The lowest BCUT2D eigenvalue weighted by Crippen LogP contribution is -2.18. The van der Waals surface area contributed by atoms with Crippen LogP contribution in [0.4, 0.5) is 23.4 Å². The number of carbonyl (C=O) groups is 1. The number of ketones is 1. The highest BCUT2D eigenvalue weighted by atomic mass is 19.4. The van der Waals surface area contributed by atoms with Crippen LogP contribution in [0, 0.1) is 30.5 Å². The van der Waals surface area contributed by atoms with Gasteiger partial charge in [-0.1, -0.05) is 64.5 Å². The summed E-state index contributed by atoms with van der Waals surface area (Å²) in [7, 11) is 3.99. The largest absolute Gasteiger partial charge is 0.416 e. The molecule has 1 aromatic heterocycles. The van der Waals surface area contributed by atoms with E-state index in [1.165, 1.54) is 38.5 Å². The molecule has 0 amide bonds. The van der Waals surface area contributed by atoms with Gasteiger partial charge in [0.25, 0.3) is 0 Å². The molecule has 1 heterocycles. The third-order valence-electron chi connectivity index (χ3n) is 7.75. The van der Waals surface area contributed by atoms with Crippen LogP contribution in [0.25, 0.3) is 10.9 Å². The first-order valence-corrected chi connectivity index (χ1v) is 14.2. The standard InChI is InChI=1S/C21H28F4O.C11H13N3/c1-3-4-15-7-9-16(10-8-15)6-5-14(2)20(26)17-11-18(21(23,24)25)13-19(22)12-17;1-8-12-10-7-5-4-6-9(10)11(13-8)14(2)3/h11-16H,3-10H2,1-2H3;4-7H,1-3H3. The number of halogens is 4. The van der Waals surface area contributed by atoms with E-state index >= 15 is 0 Å². The number of aryl methyl sites for hydroxylation is 1. The molecule has 1 unspecified atom stereocenters. The number of nitrogens with zero attached hydrogens (tertiary/aromatic N) is 3. The highest BCUT2D eigenvalue weighted by molar-refractivity contribution is 5.97. The van der Waals surface area contributed by atoms with Crippen molar-refractivity contribution in [1.82, 2.24) is 9.97 Å². The van der Waals surface area contributed by atoms with Gasteiger partial charge in [-0.05, 0) is 61.9 Å². The predicted octanol–water partition coefficient (Wildman–Crippen LogP) is 9.05. The highest BCUT2D eigenvalue weighted by Gasteiger charge is 2.32. The summed E-state index contributed by atoms with van der Waals surface area (Å²) in [4.78, 5) is 23.3. The number of para-hydroxylation sites is 1. The summed E-state index contributed by atoms with van der Waals surface area (Å²) in [5.74, 6) is 1.38. The monoisotopic (exact) mass is 559 g/mol. The summed E-state index contributed by atoms with van der Waals surface area (Å²) in [5.41, 5.74) is -0.289. The van der Waals surface area contributed by atoms with Crippen molar-refractivity contribution in [3.8, 4) is 0 Å². The molecule has 1 fully saturated rings. The maximum absolute atomic E-state index is 13.5. The molecule has 2 aromatic carbocycles. The van der Waals surface area contributed by atoms with Gasteiger partial charge in [0.2, 0.25) is 0 Å². The first-order valence-electron chi connectivity index (χ1n) is 14.2. The molecule has 0 spiro atoms. The third-order valence-corrected chi connectivity index (χ3v) is 7.75. The number of aromatic nitrogens is 2. The lowest BCUT2D eigenvalue weighted by atomic mass is 9.77. The van der Waals surface area contributed by atoms with Crippen molar-refractivity contribution in [2.75, 3.05) is 19.0 Å². The molecular weight excluding hydrogens is 518 g/mol. The Balaban J connectivity index is 0.000000263. The highest BCUT2D eigenvalue weighted by Crippen LogP contribution is 2.35. The zero-order valence-corrected chi connectivity index (χ0v) is 24.2. The van der Waals surface area contributed by atoms with Gasteiger partial charge in [0.15, 0.2) is 5.78 Å². The number of hydrogen-bond donors (Lipinski definition) is 0. The van der Waals surface area contributed by atoms with E-state index in [-0.39, 0.29) is 5.56 Å². The molecule has 0 aliphatic heterocycles. The van der Waals surface area contributed by atoms with Crippen LogP contribution in [0.3, 0.4) is 0 Å². The van der Waals surface area contributed by atoms with Gasteiger partial charge >= 0.3 is 6.18 Å². The van der Waals surface area contributed by atoms with E-state index in [1.54, 1.807) is 6.92 Å². The number of fused-ring (bicyclic) bond motifs is 1. The molecule has 0 N–H and O–H groups in total. The minimum atomic E-state index is -4.66. The van der Waals surface area contributed by atoms with E-state index in [9.17, 15) is 22.4 Å². The van der Waals surface area contributed by atoms with E-state index in [0.717, 1.165) is 47.0 Å². The Morgan fingerprint density at radius 1 is 1.00 bits per heavy atom. The van der Waals surface area contributed by atoms with Crippen molar-refractivity contribution in [3.63, 3.8) is 0 Å². The molecule has 1 aliphatic rings. The molecule has 0 bridgehead atoms. The molecule has 1 atom stereocenters. The summed E-state index contributed by atoms with van der Waals surface area (Å²) >= 11 is 0. The summed E-state index contributed by atoms with van der Waals surface area (Å²) in [6.45, 7) is 5.85. The van der Waals surface area contributed by atoms with Crippen molar-refractivity contribution in [3.05, 3.63) is 65.2 Å². The average Bonchev–Trinajstić information content (AvgIpc) is 2.91. The average molecular weight is 560 g/mol. The lowest BCUT2D eigenvalue weighted by Gasteiger charge is -2.28. The molecule has 0 saturated heterocycles. The molecule has 218 valence electrons. The normalized spacial score (nSPS) is 18.1. The van der Waals surface area contributed by atoms with E-state index in [1.807, 2.05) is 50.2 Å². The maximum Gasteiger partial charge on any atom is 0.416 e. The molecular formula is C32H41F4N3O. The number of hydrogen-bond acceptors (Lipinski definition) is 4. The van der Waals surface area contributed by atoms with Gasteiger partial charge in [0, 0.05) is 31.0 Å². The van der Waals surface area contributed by atoms with Gasteiger partial charge in [-0.2, -0.15) is 13.2 Å². The number of anilines is 1. The van der Waals surface area contributed by atoms with E-state index < -0.39 is 29.3 Å². The second-order valence-corrected chi connectivity index (χ2v) is 11.3. The van der Waals surface area contributed by atoms with Gasteiger partial charge < -0.3 is 4.90 Å². The van der Waals surface area contributed by atoms with Crippen LogP contribution < -0.4 is 4.90 Å². The van der Waals surface area contributed by atoms with Gasteiger partial charge in [-0.3, -0.25) is 4.79 Å². The molecule has 4 rings (SSSR count). The van der Waals surface area contributed by atoms with E-state index in [4.69, 9.17) is 0 Å². The molecule has 0 radical (unpaired) electrons. The predicted molar refractivity (Wildman–Crippen MR) is 153 cm³/mol. The van der Waals surface area contributed by atoms with Gasteiger partial charge in [-0.25, -0.2) is 14.4 Å². The molecule has 1 aliphatic carbocycles. The van der Waals surface area contributed by atoms with Crippen molar-refractivity contribution in [1.29, 1.82) is 0 Å². The van der Waals surface area contributed by atoms with Crippen LogP contribution in [-0.2, 0) is 6.18 Å². The van der Waals surface area contributed by atoms with Crippen LogP contribution in [0.2, 0.25) is 0 Å². The number of alkyl halides is 3. The Kier molecular flexibility index (Phi) is 11.1. The maximum atomic E-state index is 13.5. The van der Waals surface area contributed by atoms with E-state index in [2.05, 4.69) is 16.9 Å². The molecule has 40 heavy (non-hydrogen) atoms. The Morgan fingerprint density at radius 3 is 2.23 bits per heavy atom. The fraction of sp³-hybridized carbons (Fsp3) is 0.531. The zero-order chi connectivity index (χ0) is 29.4.